The van der Waals surface area contributed by atoms with Crippen molar-refractivity contribution in [2.75, 3.05) is 11.9 Å². The molecule has 31 heavy (non-hydrogen) atoms. The Kier molecular flexibility index (Phi) is 6.50. The Bertz CT molecular complexity index is 1010. The first-order valence-electron chi connectivity index (χ1n) is 10.5. The third-order valence-electron chi connectivity index (χ3n) is 5.47. The third kappa shape index (κ3) is 5.42. The van der Waals surface area contributed by atoms with Crippen molar-refractivity contribution in [2.45, 2.75) is 38.1 Å². The van der Waals surface area contributed by atoms with Crippen LogP contribution in [-0.4, -0.2) is 27.3 Å². The van der Waals surface area contributed by atoms with E-state index in [1.807, 2.05) is 17.0 Å². The van der Waals surface area contributed by atoms with Crippen LogP contribution in [0.4, 0.5) is 20.3 Å². The largest absolute Gasteiger partial charge is 0.339 e. The highest BCUT2D eigenvalue weighted by Gasteiger charge is 2.30. The lowest BCUT2D eigenvalue weighted by molar-refractivity contribution is -0.132. The molecule has 1 saturated heterocycles. The molecule has 0 aliphatic carbocycles. The number of aromatic nitrogens is 2. The molecule has 1 fully saturated rings. The zero-order valence-electron chi connectivity index (χ0n) is 17.1. The van der Waals surface area contributed by atoms with Crippen LogP contribution in [0.15, 0.2) is 60.9 Å². The quantitative estimate of drug-likeness (QED) is 0.570. The van der Waals surface area contributed by atoms with E-state index in [9.17, 15) is 13.6 Å². The Balaban J connectivity index is 1.33. The van der Waals surface area contributed by atoms with Crippen molar-refractivity contribution < 1.29 is 13.6 Å². The summed E-state index contributed by atoms with van der Waals surface area (Å²) in [6, 6.07) is 13.1. The molecule has 1 aliphatic heterocycles. The highest BCUT2D eigenvalue weighted by atomic mass is 19.1. The molecule has 0 bridgehead atoms. The van der Waals surface area contributed by atoms with E-state index in [2.05, 4.69) is 15.3 Å². The maximum Gasteiger partial charge on any atom is 0.223 e. The van der Waals surface area contributed by atoms with E-state index in [4.69, 9.17) is 0 Å². The Morgan fingerprint density at radius 1 is 1.00 bits per heavy atom. The number of rotatable bonds is 7. The Morgan fingerprint density at radius 3 is 2.52 bits per heavy atom. The molecule has 1 aliphatic rings. The first-order valence-corrected chi connectivity index (χ1v) is 10.5. The predicted molar refractivity (Wildman–Crippen MR) is 115 cm³/mol. The lowest BCUT2D eigenvalue weighted by atomic mass is 10.1. The SMILES string of the molecule is O=C(CCCc1ccc(F)cc1)N1CCC[C@H]1c1ccc(Nc2ccc(F)cn2)cn1. The maximum absolute atomic E-state index is 13.0. The zero-order chi connectivity index (χ0) is 21.6. The van der Waals surface area contributed by atoms with Gasteiger partial charge in [-0.1, -0.05) is 12.1 Å². The van der Waals surface area contributed by atoms with E-state index in [0.717, 1.165) is 55.4 Å². The van der Waals surface area contributed by atoms with Gasteiger partial charge in [0.15, 0.2) is 0 Å². The number of aryl methyl sites for hydroxylation is 1. The monoisotopic (exact) mass is 422 g/mol. The minimum atomic E-state index is -0.386. The van der Waals surface area contributed by atoms with Gasteiger partial charge in [-0.05, 0) is 67.6 Å². The number of nitrogens with one attached hydrogen (secondary N) is 1. The van der Waals surface area contributed by atoms with E-state index < -0.39 is 0 Å². The second kappa shape index (κ2) is 9.64. The summed E-state index contributed by atoms with van der Waals surface area (Å²) in [5.74, 6) is 0.0314. The van der Waals surface area contributed by atoms with Gasteiger partial charge >= 0.3 is 0 Å². The van der Waals surface area contributed by atoms with Crippen LogP contribution in [0.5, 0.6) is 0 Å². The van der Waals surface area contributed by atoms with Crippen molar-refractivity contribution in [3.63, 3.8) is 0 Å². The number of likely N-dealkylation sites (tertiary alicyclic amines) is 1. The summed E-state index contributed by atoms with van der Waals surface area (Å²) < 4.78 is 26.0. The molecule has 0 spiro atoms. The van der Waals surface area contributed by atoms with Crippen LogP contribution >= 0.6 is 0 Å². The summed E-state index contributed by atoms with van der Waals surface area (Å²) in [5.41, 5.74) is 2.65. The van der Waals surface area contributed by atoms with E-state index in [1.54, 1.807) is 24.4 Å². The van der Waals surface area contributed by atoms with Crippen molar-refractivity contribution in [1.82, 2.24) is 14.9 Å². The van der Waals surface area contributed by atoms with Crippen molar-refractivity contribution in [2.24, 2.45) is 0 Å². The van der Waals surface area contributed by atoms with Crippen LogP contribution in [0.25, 0.3) is 0 Å². The van der Waals surface area contributed by atoms with Crippen molar-refractivity contribution in [3.05, 3.63) is 83.8 Å². The van der Waals surface area contributed by atoms with Gasteiger partial charge in [0, 0.05) is 13.0 Å². The molecular formula is C24H24F2N4O. The Labute approximate surface area is 180 Å². The van der Waals surface area contributed by atoms with E-state index in [1.165, 1.54) is 18.2 Å². The van der Waals surface area contributed by atoms with Gasteiger partial charge in [-0.2, -0.15) is 0 Å². The number of anilines is 2. The van der Waals surface area contributed by atoms with Gasteiger partial charge in [-0.15, -0.1) is 0 Å². The van der Waals surface area contributed by atoms with Crippen LogP contribution in [0, 0.1) is 11.6 Å². The van der Waals surface area contributed by atoms with Gasteiger partial charge in [-0.25, -0.2) is 13.8 Å². The molecule has 0 saturated carbocycles. The number of benzene rings is 1. The molecule has 1 N–H and O–H groups in total. The number of halogens is 2. The van der Waals surface area contributed by atoms with Crippen molar-refractivity contribution in [3.8, 4) is 0 Å². The molecule has 1 amide bonds. The van der Waals surface area contributed by atoms with Gasteiger partial charge in [-0.3, -0.25) is 9.78 Å². The van der Waals surface area contributed by atoms with Gasteiger partial charge in [0.2, 0.25) is 5.91 Å². The lowest BCUT2D eigenvalue weighted by Crippen LogP contribution is -2.30. The van der Waals surface area contributed by atoms with Gasteiger partial charge < -0.3 is 10.2 Å². The summed E-state index contributed by atoms with van der Waals surface area (Å²) in [6.07, 6.45) is 6.65. The molecule has 160 valence electrons. The molecule has 2 aromatic heterocycles. The molecule has 7 heteroatoms. The van der Waals surface area contributed by atoms with E-state index >= 15 is 0 Å². The van der Waals surface area contributed by atoms with Gasteiger partial charge in [0.05, 0.1) is 29.8 Å². The zero-order valence-corrected chi connectivity index (χ0v) is 17.1. The predicted octanol–water partition coefficient (Wildman–Crippen LogP) is 5.18. The molecule has 1 atom stereocenters. The molecule has 0 radical (unpaired) electrons. The van der Waals surface area contributed by atoms with Crippen LogP contribution in [-0.2, 0) is 11.2 Å². The topological polar surface area (TPSA) is 58.1 Å². The van der Waals surface area contributed by atoms with Crippen molar-refractivity contribution >= 4 is 17.4 Å². The summed E-state index contributed by atoms with van der Waals surface area (Å²) in [7, 11) is 0. The van der Waals surface area contributed by atoms with Gasteiger partial charge in [0.25, 0.3) is 0 Å². The van der Waals surface area contributed by atoms with Crippen molar-refractivity contribution in [1.29, 1.82) is 0 Å². The first-order chi connectivity index (χ1) is 15.1. The molecular weight excluding hydrogens is 398 g/mol. The molecule has 3 heterocycles. The smallest absolute Gasteiger partial charge is 0.223 e. The number of nitrogens with zero attached hydrogens (tertiary/aromatic N) is 3. The molecule has 5 nitrogen and oxygen atoms in total. The van der Waals surface area contributed by atoms with E-state index in [-0.39, 0.29) is 23.6 Å². The number of pyridine rings is 2. The van der Waals surface area contributed by atoms with Gasteiger partial charge in [0.1, 0.15) is 17.5 Å². The molecule has 3 aromatic rings. The van der Waals surface area contributed by atoms with Crippen LogP contribution < -0.4 is 5.32 Å². The van der Waals surface area contributed by atoms with Crippen LogP contribution in [0.2, 0.25) is 0 Å². The highest BCUT2D eigenvalue weighted by Crippen LogP contribution is 2.32. The van der Waals surface area contributed by atoms with E-state index in [0.29, 0.717) is 12.2 Å². The minimum absolute atomic E-state index is 0.0173. The number of hydrogen-bond acceptors (Lipinski definition) is 4. The minimum Gasteiger partial charge on any atom is -0.339 e. The second-order valence-electron chi connectivity index (χ2n) is 7.68. The second-order valence-corrected chi connectivity index (χ2v) is 7.68. The number of hydrogen-bond donors (Lipinski definition) is 1. The average molecular weight is 422 g/mol. The average Bonchev–Trinajstić information content (AvgIpc) is 3.27. The number of carbonyl (C=O) groups is 1. The lowest BCUT2D eigenvalue weighted by Gasteiger charge is -2.24. The highest BCUT2D eigenvalue weighted by molar-refractivity contribution is 5.77. The Hall–Kier alpha value is -3.35. The summed E-state index contributed by atoms with van der Waals surface area (Å²) >= 11 is 0. The Morgan fingerprint density at radius 2 is 1.81 bits per heavy atom. The van der Waals surface area contributed by atoms with Crippen LogP contribution in [0.3, 0.4) is 0 Å². The number of carbonyl (C=O) groups excluding carboxylic acids is 1. The molecule has 1 aromatic carbocycles. The molecule has 4 rings (SSSR count). The first kappa shape index (κ1) is 20.9. The fraction of sp³-hybridized carbons (Fsp3) is 0.292. The summed E-state index contributed by atoms with van der Waals surface area (Å²) in [5, 5.41) is 3.09. The summed E-state index contributed by atoms with van der Waals surface area (Å²) in [6.45, 7) is 0.737. The normalized spacial score (nSPS) is 15.8. The fourth-order valence-electron chi connectivity index (χ4n) is 3.89. The summed E-state index contributed by atoms with van der Waals surface area (Å²) in [4.78, 5) is 23.2. The maximum atomic E-state index is 13.0. The molecule has 0 unspecified atom stereocenters. The number of amides is 1. The standard InChI is InChI=1S/C24H24F2N4O/c25-18-8-6-17(7-9-18)3-1-5-24(31)30-14-2-4-22(30)21-12-11-20(16-27-21)29-23-13-10-19(26)15-28-23/h6-13,15-16,22H,1-5,14H2,(H,28,29)/t22-/m0/s1. The fourth-order valence-corrected chi connectivity index (χ4v) is 3.89. The van der Waals surface area contributed by atoms with Crippen LogP contribution in [0.1, 0.15) is 43.0 Å². The third-order valence-corrected chi connectivity index (χ3v) is 5.47.